The van der Waals surface area contributed by atoms with Crippen LogP contribution in [-0.4, -0.2) is 17.1 Å². The molecule has 2 aromatic rings. The van der Waals surface area contributed by atoms with E-state index in [1.165, 1.54) is 16.7 Å². The molecule has 0 unspecified atom stereocenters. The van der Waals surface area contributed by atoms with Crippen molar-refractivity contribution >= 4 is 5.96 Å². The summed E-state index contributed by atoms with van der Waals surface area (Å²) in [6, 6.07) is 10.5. The van der Waals surface area contributed by atoms with Gasteiger partial charge in [-0.05, 0) is 36.6 Å². The molecular formula is C17H24N4. The molecule has 0 bridgehead atoms. The predicted octanol–water partition coefficient (Wildman–Crippen LogP) is 2.59. The summed E-state index contributed by atoms with van der Waals surface area (Å²) >= 11 is 0. The number of hydrogen-bond donors (Lipinski definition) is 2. The monoisotopic (exact) mass is 284 g/mol. The van der Waals surface area contributed by atoms with E-state index in [2.05, 4.69) is 66.0 Å². The van der Waals surface area contributed by atoms with Gasteiger partial charge in [0, 0.05) is 32.5 Å². The van der Waals surface area contributed by atoms with E-state index in [0.29, 0.717) is 6.54 Å². The zero-order valence-electron chi connectivity index (χ0n) is 13.1. The van der Waals surface area contributed by atoms with Crippen LogP contribution in [-0.2, 0) is 20.1 Å². The molecule has 0 aliphatic rings. The van der Waals surface area contributed by atoms with Crippen LogP contribution in [0.15, 0.2) is 47.7 Å². The minimum Gasteiger partial charge on any atom is -0.357 e. The molecule has 0 aliphatic heterocycles. The quantitative estimate of drug-likeness (QED) is 0.654. The standard InChI is InChI=1S/C17H24N4/c1-4-18-17(19-11-15-9-10-21(3)13-15)20-12-16-8-6-5-7-14(16)2/h5-10,13H,4,11-12H2,1-3H3,(H2,18,19,20). The van der Waals surface area contributed by atoms with E-state index in [4.69, 9.17) is 0 Å². The van der Waals surface area contributed by atoms with Crippen LogP contribution in [0, 0.1) is 6.92 Å². The highest BCUT2D eigenvalue weighted by Gasteiger charge is 2.01. The Balaban J connectivity index is 1.96. The van der Waals surface area contributed by atoms with Gasteiger partial charge in [-0.2, -0.15) is 0 Å². The Kier molecular flexibility index (Phi) is 5.43. The zero-order valence-corrected chi connectivity index (χ0v) is 13.1. The van der Waals surface area contributed by atoms with E-state index >= 15 is 0 Å². The number of aliphatic imine (C=N–C) groups is 1. The fraction of sp³-hybridized carbons (Fsp3) is 0.353. The molecule has 0 fully saturated rings. The molecule has 2 N–H and O–H groups in total. The Labute approximate surface area is 126 Å². The average Bonchev–Trinajstić information content (AvgIpc) is 2.89. The molecule has 0 atom stereocenters. The van der Waals surface area contributed by atoms with Gasteiger partial charge in [0.2, 0.25) is 0 Å². The summed E-state index contributed by atoms with van der Waals surface area (Å²) in [4.78, 5) is 4.62. The first-order chi connectivity index (χ1) is 10.2. The van der Waals surface area contributed by atoms with Crippen molar-refractivity contribution < 1.29 is 0 Å². The van der Waals surface area contributed by atoms with Gasteiger partial charge in [0.05, 0.1) is 6.54 Å². The molecule has 0 saturated carbocycles. The van der Waals surface area contributed by atoms with Crippen molar-refractivity contribution in [2.24, 2.45) is 12.0 Å². The predicted molar refractivity (Wildman–Crippen MR) is 88.2 cm³/mol. The lowest BCUT2D eigenvalue weighted by Crippen LogP contribution is -2.36. The number of guanidine groups is 1. The highest BCUT2D eigenvalue weighted by Crippen LogP contribution is 2.06. The third-order valence-electron chi connectivity index (χ3n) is 3.36. The topological polar surface area (TPSA) is 41.4 Å². The maximum atomic E-state index is 4.62. The van der Waals surface area contributed by atoms with Crippen molar-refractivity contribution in [3.8, 4) is 0 Å². The van der Waals surface area contributed by atoms with Crippen LogP contribution < -0.4 is 10.6 Å². The summed E-state index contributed by atoms with van der Waals surface area (Å²) in [7, 11) is 2.02. The van der Waals surface area contributed by atoms with E-state index in [1.54, 1.807) is 0 Å². The Morgan fingerprint density at radius 2 is 2.00 bits per heavy atom. The number of aromatic nitrogens is 1. The first kappa shape index (κ1) is 15.2. The molecule has 4 heteroatoms. The van der Waals surface area contributed by atoms with Crippen LogP contribution in [0.5, 0.6) is 0 Å². The molecule has 2 rings (SSSR count). The second-order valence-electron chi connectivity index (χ2n) is 5.16. The Morgan fingerprint density at radius 3 is 2.67 bits per heavy atom. The largest absolute Gasteiger partial charge is 0.357 e. The number of rotatable bonds is 5. The summed E-state index contributed by atoms with van der Waals surface area (Å²) in [6.45, 7) is 6.53. The number of nitrogens with zero attached hydrogens (tertiary/aromatic N) is 2. The zero-order chi connectivity index (χ0) is 15.1. The molecular weight excluding hydrogens is 260 g/mol. The smallest absolute Gasteiger partial charge is 0.191 e. The first-order valence-electron chi connectivity index (χ1n) is 7.36. The van der Waals surface area contributed by atoms with Crippen LogP contribution in [0.1, 0.15) is 23.6 Å². The van der Waals surface area contributed by atoms with Gasteiger partial charge in [-0.3, -0.25) is 0 Å². The van der Waals surface area contributed by atoms with Gasteiger partial charge in [0.1, 0.15) is 0 Å². The fourth-order valence-electron chi connectivity index (χ4n) is 2.15. The van der Waals surface area contributed by atoms with E-state index in [-0.39, 0.29) is 0 Å². The van der Waals surface area contributed by atoms with Gasteiger partial charge in [0.25, 0.3) is 0 Å². The van der Waals surface area contributed by atoms with E-state index in [9.17, 15) is 0 Å². The Morgan fingerprint density at radius 1 is 1.19 bits per heavy atom. The van der Waals surface area contributed by atoms with Crippen molar-refractivity contribution in [1.29, 1.82) is 0 Å². The van der Waals surface area contributed by atoms with Crippen molar-refractivity contribution in [3.05, 3.63) is 59.4 Å². The summed E-state index contributed by atoms with van der Waals surface area (Å²) in [6.07, 6.45) is 4.13. The maximum absolute atomic E-state index is 4.62. The lowest BCUT2D eigenvalue weighted by Gasteiger charge is -2.12. The molecule has 4 nitrogen and oxygen atoms in total. The molecule has 0 radical (unpaired) electrons. The Bertz CT molecular complexity index is 598. The molecule has 1 heterocycles. The lowest BCUT2D eigenvalue weighted by molar-refractivity contribution is 0.812. The van der Waals surface area contributed by atoms with E-state index in [0.717, 1.165) is 19.0 Å². The summed E-state index contributed by atoms with van der Waals surface area (Å²) in [5, 5.41) is 6.67. The van der Waals surface area contributed by atoms with Crippen molar-refractivity contribution in [3.63, 3.8) is 0 Å². The number of hydrogen-bond acceptors (Lipinski definition) is 1. The third kappa shape index (κ3) is 4.67. The highest BCUT2D eigenvalue weighted by atomic mass is 15.2. The first-order valence-corrected chi connectivity index (χ1v) is 7.36. The summed E-state index contributed by atoms with van der Waals surface area (Å²) in [5.74, 6) is 0.851. The van der Waals surface area contributed by atoms with Crippen LogP contribution in [0.4, 0.5) is 0 Å². The van der Waals surface area contributed by atoms with Gasteiger partial charge >= 0.3 is 0 Å². The molecule has 21 heavy (non-hydrogen) atoms. The minimum atomic E-state index is 0.684. The van der Waals surface area contributed by atoms with Crippen LogP contribution in [0.2, 0.25) is 0 Å². The van der Waals surface area contributed by atoms with E-state index in [1.807, 2.05) is 17.8 Å². The van der Waals surface area contributed by atoms with Crippen LogP contribution in [0.25, 0.3) is 0 Å². The molecule has 0 amide bonds. The highest BCUT2D eigenvalue weighted by molar-refractivity contribution is 5.79. The van der Waals surface area contributed by atoms with Gasteiger partial charge in [-0.25, -0.2) is 4.99 Å². The van der Waals surface area contributed by atoms with Gasteiger partial charge in [0.15, 0.2) is 5.96 Å². The molecule has 0 spiro atoms. The number of nitrogens with one attached hydrogen (secondary N) is 2. The van der Waals surface area contributed by atoms with Crippen LogP contribution >= 0.6 is 0 Å². The average molecular weight is 284 g/mol. The molecule has 0 aliphatic carbocycles. The molecule has 1 aromatic heterocycles. The molecule has 112 valence electrons. The maximum Gasteiger partial charge on any atom is 0.191 e. The van der Waals surface area contributed by atoms with Gasteiger partial charge in [-0.15, -0.1) is 0 Å². The second kappa shape index (κ2) is 7.53. The Hall–Kier alpha value is -2.23. The minimum absolute atomic E-state index is 0.684. The summed E-state index contributed by atoms with van der Waals surface area (Å²) in [5.41, 5.74) is 3.80. The summed E-state index contributed by atoms with van der Waals surface area (Å²) < 4.78 is 2.04. The second-order valence-corrected chi connectivity index (χ2v) is 5.16. The van der Waals surface area contributed by atoms with Crippen LogP contribution in [0.3, 0.4) is 0 Å². The van der Waals surface area contributed by atoms with Gasteiger partial charge in [-0.1, -0.05) is 24.3 Å². The normalized spacial score (nSPS) is 11.5. The third-order valence-corrected chi connectivity index (χ3v) is 3.36. The van der Waals surface area contributed by atoms with Gasteiger partial charge < -0.3 is 15.2 Å². The van der Waals surface area contributed by atoms with Crippen molar-refractivity contribution in [1.82, 2.24) is 15.2 Å². The number of benzene rings is 1. The number of aryl methyl sites for hydroxylation is 2. The fourth-order valence-corrected chi connectivity index (χ4v) is 2.15. The van der Waals surface area contributed by atoms with Crippen molar-refractivity contribution in [2.45, 2.75) is 26.9 Å². The lowest BCUT2D eigenvalue weighted by atomic mass is 10.1. The SMILES string of the molecule is CCNC(=NCc1ccn(C)c1)NCc1ccccc1C. The van der Waals surface area contributed by atoms with Crippen molar-refractivity contribution in [2.75, 3.05) is 6.54 Å². The van der Waals surface area contributed by atoms with E-state index < -0.39 is 0 Å². The molecule has 0 saturated heterocycles. The molecule has 1 aromatic carbocycles.